The molecule has 0 spiro atoms. The van der Waals surface area contributed by atoms with Crippen molar-refractivity contribution in [2.75, 3.05) is 19.6 Å². The zero-order valence-electron chi connectivity index (χ0n) is 11.9. The largest absolute Gasteiger partial charge is 0.485 e. The van der Waals surface area contributed by atoms with Gasteiger partial charge in [0.05, 0.1) is 6.54 Å². The van der Waals surface area contributed by atoms with Crippen LogP contribution in [0.25, 0.3) is 0 Å². The van der Waals surface area contributed by atoms with Gasteiger partial charge in [0.15, 0.2) is 11.6 Å². The number of hydrogen-bond donors (Lipinski definition) is 1. The van der Waals surface area contributed by atoms with Crippen LogP contribution in [0.5, 0.6) is 5.75 Å². The van der Waals surface area contributed by atoms with Crippen molar-refractivity contribution in [3.05, 3.63) is 30.1 Å². The van der Waals surface area contributed by atoms with E-state index in [1.54, 1.807) is 18.2 Å². The van der Waals surface area contributed by atoms with Crippen molar-refractivity contribution in [3.8, 4) is 5.75 Å². The first-order chi connectivity index (χ1) is 9.58. The number of carbonyl (C=O) groups excluding carboxylic acids is 1. The first-order valence-electron chi connectivity index (χ1n) is 7.01. The standard InChI is InChI=1S/C15H21FN2O2/c1-3-11(2)17-15(19)10-18-8-12(9-18)20-14-7-5-4-6-13(14)16/h4-7,11-12H,3,8-10H2,1-2H3,(H,17,19)/t11-/m1/s1. The molecule has 1 aromatic rings. The van der Waals surface area contributed by atoms with Crippen molar-refractivity contribution < 1.29 is 13.9 Å². The number of halogens is 1. The lowest BCUT2D eigenvalue weighted by Gasteiger charge is -2.38. The average molecular weight is 280 g/mol. The summed E-state index contributed by atoms with van der Waals surface area (Å²) in [6.45, 7) is 5.71. The van der Waals surface area contributed by atoms with Crippen LogP contribution in [-0.4, -0.2) is 42.6 Å². The van der Waals surface area contributed by atoms with Crippen LogP contribution in [0.1, 0.15) is 20.3 Å². The number of nitrogens with one attached hydrogen (secondary N) is 1. The number of hydrogen-bond acceptors (Lipinski definition) is 3. The second-order valence-corrected chi connectivity index (χ2v) is 5.24. The molecule has 0 bridgehead atoms. The Bertz CT molecular complexity index is 461. The normalized spacial score (nSPS) is 17.4. The topological polar surface area (TPSA) is 41.6 Å². The van der Waals surface area contributed by atoms with Gasteiger partial charge in [-0.25, -0.2) is 4.39 Å². The zero-order chi connectivity index (χ0) is 14.5. The van der Waals surface area contributed by atoms with E-state index in [9.17, 15) is 9.18 Å². The molecule has 1 aromatic carbocycles. The Balaban J connectivity index is 1.70. The molecule has 1 aliphatic heterocycles. The molecule has 5 heteroatoms. The molecular weight excluding hydrogens is 259 g/mol. The summed E-state index contributed by atoms with van der Waals surface area (Å²) in [5.74, 6) is -0.0367. The molecule has 0 unspecified atom stereocenters. The van der Waals surface area contributed by atoms with E-state index in [-0.39, 0.29) is 29.6 Å². The predicted octanol–water partition coefficient (Wildman–Crippen LogP) is 1.80. The van der Waals surface area contributed by atoms with E-state index < -0.39 is 0 Å². The third-order valence-corrected chi connectivity index (χ3v) is 3.44. The minimum atomic E-state index is -0.347. The third-order valence-electron chi connectivity index (χ3n) is 3.44. The van der Waals surface area contributed by atoms with Gasteiger partial charge in [-0.1, -0.05) is 19.1 Å². The molecule has 20 heavy (non-hydrogen) atoms. The molecule has 0 saturated carbocycles. The average Bonchev–Trinajstić information content (AvgIpc) is 2.38. The van der Waals surface area contributed by atoms with Crippen LogP contribution in [-0.2, 0) is 4.79 Å². The van der Waals surface area contributed by atoms with Crippen LogP contribution in [0.4, 0.5) is 4.39 Å². The summed E-state index contributed by atoms with van der Waals surface area (Å²) in [6, 6.07) is 6.58. The minimum Gasteiger partial charge on any atom is -0.485 e. The van der Waals surface area contributed by atoms with Crippen molar-refractivity contribution in [1.82, 2.24) is 10.2 Å². The van der Waals surface area contributed by atoms with E-state index in [4.69, 9.17) is 4.74 Å². The Morgan fingerprint density at radius 2 is 2.20 bits per heavy atom. The van der Waals surface area contributed by atoms with Crippen LogP contribution in [0.2, 0.25) is 0 Å². The molecular formula is C15H21FN2O2. The van der Waals surface area contributed by atoms with E-state index in [0.29, 0.717) is 19.6 Å². The number of para-hydroxylation sites is 1. The van der Waals surface area contributed by atoms with Gasteiger partial charge in [-0.15, -0.1) is 0 Å². The van der Waals surface area contributed by atoms with Gasteiger partial charge in [-0.05, 0) is 25.5 Å². The fourth-order valence-electron chi connectivity index (χ4n) is 2.07. The molecule has 1 atom stereocenters. The highest BCUT2D eigenvalue weighted by Crippen LogP contribution is 2.20. The van der Waals surface area contributed by atoms with E-state index in [1.807, 2.05) is 18.7 Å². The van der Waals surface area contributed by atoms with Gasteiger partial charge < -0.3 is 10.1 Å². The van der Waals surface area contributed by atoms with Crippen molar-refractivity contribution in [1.29, 1.82) is 0 Å². The first kappa shape index (κ1) is 14.8. The SMILES string of the molecule is CC[C@@H](C)NC(=O)CN1CC(Oc2ccccc2F)C1. The zero-order valence-corrected chi connectivity index (χ0v) is 11.9. The third kappa shape index (κ3) is 3.93. The predicted molar refractivity (Wildman–Crippen MR) is 75.2 cm³/mol. The molecule has 1 heterocycles. The number of carbonyl (C=O) groups is 1. The Hall–Kier alpha value is -1.62. The molecule has 0 aliphatic carbocycles. The van der Waals surface area contributed by atoms with E-state index >= 15 is 0 Å². The summed E-state index contributed by atoms with van der Waals surface area (Å²) in [5.41, 5.74) is 0. The van der Waals surface area contributed by atoms with Crippen molar-refractivity contribution in [2.45, 2.75) is 32.4 Å². The molecule has 4 nitrogen and oxygen atoms in total. The van der Waals surface area contributed by atoms with Crippen LogP contribution < -0.4 is 10.1 Å². The highest BCUT2D eigenvalue weighted by Gasteiger charge is 2.30. The summed E-state index contributed by atoms with van der Waals surface area (Å²) >= 11 is 0. The number of nitrogens with zero attached hydrogens (tertiary/aromatic N) is 1. The second-order valence-electron chi connectivity index (χ2n) is 5.24. The van der Waals surface area contributed by atoms with Gasteiger partial charge in [0.25, 0.3) is 0 Å². The number of ether oxygens (including phenoxy) is 1. The lowest BCUT2D eigenvalue weighted by Crippen LogP contribution is -2.56. The highest BCUT2D eigenvalue weighted by molar-refractivity contribution is 5.78. The fraction of sp³-hybridized carbons (Fsp3) is 0.533. The smallest absolute Gasteiger partial charge is 0.234 e. The van der Waals surface area contributed by atoms with Crippen LogP contribution >= 0.6 is 0 Å². The van der Waals surface area contributed by atoms with Gasteiger partial charge in [0.1, 0.15) is 6.10 Å². The quantitative estimate of drug-likeness (QED) is 0.864. The molecule has 1 aliphatic rings. The van der Waals surface area contributed by atoms with E-state index in [0.717, 1.165) is 6.42 Å². The van der Waals surface area contributed by atoms with Crippen LogP contribution in [0, 0.1) is 5.82 Å². The summed E-state index contributed by atoms with van der Waals surface area (Å²) in [5, 5.41) is 2.92. The molecule has 0 aromatic heterocycles. The monoisotopic (exact) mass is 280 g/mol. The van der Waals surface area contributed by atoms with Gasteiger partial charge in [-0.2, -0.15) is 0 Å². The highest BCUT2D eigenvalue weighted by atomic mass is 19.1. The summed E-state index contributed by atoms with van der Waals surface area (Å²) in [6.07, 6.45) is 0.883. The molecule has 2 rings (SSSR count). The van der Waals surface area contributed by atoms with Crippen LogP contribution in [0.15, 0.2) is 24.3 Å². The maximum absolute atomic E-state index is 13.4. The van der Waals surface area contributed by atoms with Gasteiger partial charge in [0, 0.05) is 19.1 Å². The van der Waals surface area contributed by atoms with Crippen molar-refractivity contribution in [2.24, 2.45) is 0 Å². The number of amides is 1. The minimum absolute atomic E-state index is 0.0312. The summed E-state index contributed by atoms with van der Waals surface area (Å²) < 4.78 is 18.9. The molecule has 1 fully saturated rings. The maximum Gasteiger partial charge on any atom is 0.234 e. The fourth-order valence-corrected chi connectivity index (χ4v) is 2.07. The Morgan fingerprint density at radius 3 is 2.85 bits per heavy atom. The van der Waals surface area contributed by atoms with E-state index in [2.05, 4.69) is 5.32 Å². The number of benzene rings is 1. The number of rotatable bonds is 6. The van der Waals surface area contributed by atoms with Crippen molar-refractivity contribution >= 4 is 5.91 Å². The number of likely N-dealkylation sites (tertiary alicyclic amines) is 1. The summed E-state index contributed by atoms with van der Waals surface area (Å²) in [4.78, 5) is 13.7. The van der Waals surface area contributed by atoms with E-state index in [1.165, 1.54) is 6.07 Å². The Labute approximate surface area is 118 Å². The Morgan fingerprint density at radius 1 is 1.50 bits per heavy atom. The first-order valence-corrected chi connectivity index (χ1v) is 7.01. The molecule has 0 radical (unpaired) electrons. The molecule has 1 saturated heterocycles. The Kier molecular flexibility index (Phi) is 4.95. The molecule has 1 N–H and O–H groups in total. The lowest BCUT2D eigenvalue weighted by atomic mass is 10.1. The molecule has 1 amide bonds. The maximum atomic E-state index is 13.4. The van der Waals surface area contributed by atoms with Gasteiger partial charge >= 0.3 is 0 Å². The summed E-state index contributed by atoms with van der Waals surface area (Å²) in [7, 11) is 0. The van der Waals surface area contributed by atoms with Crippen LogP contribution in [0.3, 0.4) is 0 Å². The lowest BCUT2D eigenvalue weighted by molar-refractivity contribution is -0.125. The van der Waals surface area contributed by atoms with Gasteiger partial charge in [0.2, 0.25) is 5.91 Å². The molecule has 110 valence electrons. The van der Waals surface area contributed by atoms with Crippen molar-refractivity contribution in [3.63, 3.8) is 0 Å². The van der Waals surface area contributed by atoms with Gasteiger partial charge in [-0.3, -0.25) is 9.69 Å². The second kappa shape index (κ2) is 6.70.